The third-order valence-electron chi connectivity index (χ3n) is 5.55. The lowest BCUT2D eigenvalue weighted by atomic mass is 9.96. The minimum atomic E-state index is -0.353. The summed E-state index contributed by atoms with van der Waals surface area (Å²) in [7, 11) is 0. The predicted molar refractivity (Wildman–Crippen MR) is 120 cm³/mol. The molecule has 1 saturated heterocycles. The topological polar surface area (TPSA) is 87.2 Å². The summed E-state index contributed by atoms with van der Waals surface area (Å²) in [5.41, 5.74) is 1.50. The molecule has 0 unspecified atom stereocenters. The SMILES string of the molecule is O=C(NCc1ccccc1F)c1ccc(NC(=O)C2CCN(c3cnccn3)CC2)cc1. The van der Waals surface area contributed by atoms with Crippen LogP contribution in [0.1, 0.15) is 28.8 Å². The zero-order chi connectivity index (χ0) is 22.3. The molecule has 7 nitrogen and oxygen atoms in total. The highest BCUT2D eigenvalue weighted by Gasteiger charge is 2.25. The molecule has 164 valence electrons. The number of aromatic nitrogens is 2. The molecule has 2 aromatic carbocycles. The average molecular weight is 433 g/mol. The Bertz CT molecular complexity index is 1070. The summed E-state index contributed by atoms with van der Waals surface area (Å²) < 4.78 is 13.7. The van der Waals surface area contributed by atoms with Crippen LogP contribution >= 0.6 is 0 Å². The van der Waals surface area contributed by atoms with Crippen molar-refractivity contribution in [1.82, 2.24) is 15.3 Å². The van der Waals surface area contributed by atoms with Crippen molar-refractivity contribution in [3.8, 4) is 0 Å². The van der Waals surface area contributed by atoms with Crippen molar-refractivity contribution >= 4 is 23.3 Å². The number of carbonyl (C=O) groups is 2. The lowest BCUT2D eigenvalue weighted by Crippen LogP contribution is -2.38. The first-order chi connectivity index (χ1) is 15.6. The zero-order valence-corrected chi connectivity index (χ0v) is 17.5. The van der Waals surface area contributed by atoms with Gasteiger partial charge in [-0.15, -0.1) is 0 Å². The third-order valence-corrected chi connectivity index (χ3v) is 5.55. The minimum Gasteiger partial charge on any atom is -0.355 e. The van der Waals surface area contributed by atoms with Crippen molar-refractivity contribution in [3.05, 3.63) is 84.1 Å². The van der Waals surface area contributed by atoms with E-state index in [1.807, 2.05) is 0 Å². The predicted octanol–water partition coefficient (Wildman–Crippen LogP) is 3.40. The molecule has 1 aliphatic rings. The van der Waals surface area contributed by atoms with Crippen LogP contribution in [-0.4, -0.2) is 34.9 Å². The highest BCUT2D eigenvalue weighted by Crippen LogP contribution is 2.22. The summed E-state index contributed by atoms with van der Waals surface area (Å²) in [5.74, 6) is 0.0679. The van der Waals surface area contributed by atoms with E-state index in [2.05, 4.69) is 25.5 Å². The van der Waals surface area contributed by atoms with Crippen LogP contribution in [0, 0.1) is 11.7 Å². The van der Waals surface area contributed by atoms with Crippen LogP contribution in [0.3, 0.4) is 0 Å². The average Bonchev–Trinajstić information content (AvgIpc) is 2.84. The number of halogens is 1. The Morgan fingerprint density at radius 1 is 1.03 bits per heavy atom. The Morgan fingerprint density at radius 2 is 1.78 bits per heavy atom. The monoisotopic (exact) mass is 433 g/mol. The number of benzene rings is 2. The van der Waals surface area contributed by atoms with Crippen molar-refractivity contribution in [2.75, 3.05) is 23.3 Å². The van der Waals surface area contributed by atoms with Gasteiger partial charge >= 0.3 is 0 Å². The van der Waals surface area contributed by atoms with E-state index >= 15 is 0 Å². The fourth-order valence-electron chi connectivity index (χ4n) is 3.69. The number of piperidine rings is 1. The maximum Gasteiger partial charge on any atom is 0.251 e. The van der Waals surface area contributed by atoms with Gasteiger partial charge in [0.1, 0.15) is 11.6 Å². The Kier molecular flexibility index (Phi) is 6.69. The lowest BCUT2D eigenvalue weighted by molar-refractivity contribution is -0.120. The second kappa shape index (κ2) is 10.00. The molecule has 2 N–H and O–H groups in total. The van der Waals surface area contributed by atoms with Crippen molar-refractivity contribution in [1.29, 1.82) is 0 Å². The van der Waals surface area contributed by atoms with Crippen LogP contribution in [0.4, 0.5) is 15.9 Å². The largest absolute Gasteiger partial charge is 0.355 e. The Morgan fingerprint density at radius 3 is 2.47 bits per heavy atom. The number of nitrogens with zero attached hydrogens (tertiary/aromatic N) is 3. The molecule has 1 aromatic heterocycles. The third kappa shape index (κ3) is 5.26. The van der Waals surface area contributed by atoms with Crippen LogP contribution in [0.15, 0.2) is 67.1 Å². The van der Waals surface area contributed by atoms with Gasteiger partial charge in [-0.3, -0.25) is 14.6 Å². The number of rotatable bonds is 6. The highest BCUT2D eigenvalue weighted by molar-refractivity contribution is 5.96. The summed E-state index contributed by atoms with van der Waals surface area (Å²) in [4.78, 5) is 35.5. The second-order valence-electron chi connectivity index (χ2n) is 7.67. The number of hydrogen-bond acceptors (Lipinski definition) is 5. The molecular weight excluding hydrogens is 409 g/mol. The van der Waals surface area contributed by atoms with E-state index in [0.717, 1.165) is 31.7 Å². The van der Waals surface area contributed by atoms with E-state index in [4.69, 9.17) is 0 Å². The highest BCUT2D eigenvalue weighted by atomic mass is 19.1. The fourth-order valence-corrected chi connectivity index (χ4v) is 3.69. The molecule has 0 spiro atoms. The number of carbonyl (C=O) groups excluding carboxylic acids is 2. The number of anilines is 2. The molecule has 4 rings (SSSR count). The van der Waals surface area contributed by atoms with Crippen LogP contribution in [0.25, 0.3) is 0 Å². The quantitative estimate of drug-likeness (QED) is 0.622. The maximum absolute atomic E-state index is 13.7. The summed E-state index contributed by atoms with van der Waals surface area (Å²) >= 11 is 0. The van der Waals surface area contributed by atoms with Gasteiger partial charge in [-0.2, -0.15) is 0 Å². The van der Waals surface area contributed by atoms with Crippen LogP contribution in [0.5, 0.6) is 0 Å². The maximum atomic E-state index is 13.7. The molecule has 2 amide bonds. The first-order valence-corrected chi connectivity index (χ1v) is 10.5. The Balaban J connectivity index is 1.26. The van der Waals surface area contributed by atoms with Gasteiger partial charge in [0.2, 0.25) is 5.91 Å². The van der Waals surface area contributed by atoms with E-state index in [1.54, 1.807) is 61.1 Å². The molecule has 8 heteroatoms. The lowest BCUT2D eigenvalue weighted by Gasteiger charge is -2.31. The van der Waals surface area contributed by atoms with Crippen molar-refractivity contribution in [2.24, 2.45) is 5.92 Å². The van der Waals surface area contributed by atoms with E-state index in [1.165, 1.54) is 6.07 Å². The van der Waals surface area contributed by atoms with Gasteiger partial charge in [-0.05, 0) is 43.2 Å². The fraction of sp³-hybridized carbons (Fsp3) is 0.250. The summed E-state index contributed by atoms with van der Waals surface area (Å²) in [6.07, 6.45) is 6.51. The first kappa shape index (κ1) is 21.4. The van der Waals surface area contributed by atoms with Gasteiger partial charge in [0, 0.05) is 54.8 Å². The molecule has 0 bridgehead atoms. The summed E-state index contributed by atoms with van der Waals surface area (Å²) in [6, 6.07) is 13.0. The molecule has 1 fully saturated rings. The van der Waals surface area contributed by atoms with Gasteiger partial charge in [0.25, 0.3) is 5.91 Å². The second-order valence-corrected chi connectivity index (χ2v) is 7.67. The van der Waals surface area contributed by atoms with E-state index in [0.29, 0.717) is 16.8 Å². The molecule has 2 heterocycles. The molecule has 0 atom stereocenters. The van der Waals surface area contributed by atoms with Crippen LogP contribution in [0.2, 0.25) is 0 Å². The van der Waals surface area contributed by atoms with Gasteiger partial charge in [-0.25, -0.2) is 9.37 Å². The van der Waals surface area contributed by atoms with Gasteiger partial charge < -0.3 is 15.5 Å². The normalized spacial score (nSPS) is 14.1. The number of nitrogens with one attached hydrogen (secondary N) is 2. The molecule has 32 heavy (non-hydrogen) atoms. The van der Waals surface area contributed by atoms with Crippen LogP contribution < -0.4 is 15.5 Å². The number of hydrogen-bond donors (Lipinski definition) is 2. The zero-order valence-electron chi connectivity index (χ0n) is 17.5. The molecule has 3 aromatic rings. The molecule has 0 radical (unpaired) electrons. The van der Waals surface area contributed by atoms with Crippen molar-refractivity contribution < 1.29 is 14.0 Å². The standard InChI is InChI=1S/C24H24FN5O2/c25-21-4-2-1-3-19(21)15-28-23(31)17-5-7-20(8-6-17)29-24(32)18-9-13-30(14-10-18)22-16-26-11-12-27-22/h1-8,11-12,16,18H,9-10,13-15H2,(H,28,31)(H,29,32). The van der Waals surface area contributed by atoms with Crippen molar-refractivity contribution in [2.45, 2.75) is 19.4 Å². The van der Waals surface area contributed by atoms with Gasteiger partial charge in [0.05, 0.1) is 6.20 Å². The summed E-state index contributed by atoms with van der Waals surface area (Å²) in [5, 5.41) is 5.64. The molecular formula is C24H24FN5O2. The van der Waals surface area contributed by atoms with E-state index in [-0.39, 0.29) is 30.1 Å². The van der Waals surface area contributed by atoms with Gasteiger partial charge in [-0.1, -0.05) is 18.2 Å². The molecule has 0 saturated carbocycles. The minimum absolute atomic E-state index is 0.0273. The van der Waals surface area contributed by atoms with Gasteiger partial charge in [0.15, 0.2) is 0 Å². The van der Waals surface area contributed by atoms with E-state index in [9.17, 15) is 14.0 Å². The Labute approximate surface area is 185 Å². The molecule has 1 aliphatic heterocycles. The van der Waals surface area contributed by atoms with Crippen LogP contribution in [-0.2, 0) is 11.3 Å². The van der Waals surface area contributed by atoms with Crippen molar-refractivity contribution in [3.63, 3.8) is 0 Å². The first-order valence-electron chi connectivity index (χ1n) is 10.5. The summed E-state index contributed by atoms with van der Waals surface area (Å²) in [6.45, 7) is 1.60. The van der Waals surface area contributed by atoms with E-state index < -0.39 is 0 Å². The molecule has 0 aliphatic carbocycles. The Hall–Kier alpha value is -3.81. The smallest absolute Gasteiger partial charge is 0.251 e. The number of amides is 2.